The minimum absolute atomic E-state index is 0.261. The first-order valence-electron chi connectivity index (χ1n) is 5.19. The van der Waals surface area contributed by atoms with Crippen LogP contribution >= 0.6 is 0 Å². The first-order valence-corrected chi connectivity index (χ1v) is 5.19. The predicted molar refractivity (Wildman–Crippen MR) is 59.9 cm³/mol. The number of nitrogens with zero attached hydrogens (tertiary/aromatic N) is 5. The maximum absolute atomic E-state index is 9.44. The van der Waals surface area contributed by atoms with Crippen molar-refractivity contribution in [2.75, 3.05) is 18.0 Å². The van der Waals surface area contributed by atoms with Gasteiger partial charge >= 0.3 is 0 Å². The number of hydrogen-bond donors (Lipinski definition) is 1. The number of anilines is 1. The van der Waals surface area contributed by atoms with E-state index in [2.05, 4.69) is 15.0 Å². The summed E-state index contributed by atoms with van der Waals surface area (Å²) in [5, 5.41) is 12.9. The molecule has 2 heterocycles. The lowest BCUT2D eigenvalue weighted by Gasteiger charge is -2.16. The summed E-state index contributed by atoms with van der Waals surface area (Å²) in [5.41, 5.74) is 8.98. The molecule has 0 saturated carbocycles. The van der Waals surface area contributed by atoms with Gasteiger partial charge in [0.05, 0.1) is 12.6 Å². The van der Waals surface area contributed by atoms with Crippen LogP contribution in [0.3, 0.4) is 0 Å². The molecule has 1 aromatic rings. The van der Waals surface area contributed by atoms with Crippen LogP contribution in [-0.2, 0) is 6.54 Å². The van der Waals surface area contributed by atoms with Gasteiger partial charge in [-0.2, -0.15) is 0 Å². The molecule has 1 aromatic heterocycles. The van der Waals surface area contributed by atoms with Crippen molar-refractivity contribution in [1.82, 2.24) is 4.98 Å². The van der Waals surface area contributed by atoms with Crippen molar-refractivity contribution in [1.29, 1.82) is 0 Å². The van der Waals surface area contributed by atoms with Crippen LogP contribution in [0.4, 0.5) is 5.82 Å². The largest absolute Gasteiger partial charge is 0.391 e. The summed E-state index contributed by atoms with van der Waals surface area (Å²) >= 11 is 0. The predicted octanol–water partition coefficient (Wildman–Crippen LogP) is 1.46. The Labute approximate surface area is 93.2 Å². The zero-order valence-electron chi connectivity index (χ0n) is 8.82. The Morgan fingerprint density at radius 2 is 2.50 bits per heavy atom. The molecule has 0 amide bonds. The second-order valence-electron chi connectivity index (χ2n) is 3.76. The summed E-state index contributed by atoms with van der Waals surface area (Å²) in [4.78, 5) is 9.11. The van der Waals surface area contributed by atoms with E-state index in [1.54, 1.807) is 0 Å². The van der Waals surface area contributed by atoms with E-state index in [1.807, 2.05) is 23.1 Å². The van der Waals surface area contributed by atoms with E-state index in [0.717, 1.165) is 24.5 Å². The highest BCUT2D eigenvalue weighted by Gasteiger charge is 2.21. The van der Waals surface area contributed by atoms with Crippen LogP contribution in [-0.4, -0.2) is 29.3 Å². The Bertz CT molecular complexity index is 415. The van der Waals surface area contributed by atoms with E-state index in [9.17, 15) is 5.11 Å². The zero-order chi connectivity index (χ0) is 11.4. The molecule has 6 heteroatoms. The molecule has 0 radical (unpaired) electrons. The van der Waals surface area contributed by atoms with Crippen LogP contribution in [0.25, 0.3) is 10.4 Å². The third-order valence-corrected chi connectivity index (χ3v) is 2.58. The summed E-state index contributed by atoms with van der Waals surface area (Å²) in [6.45, 7) is 1.71. The molecule has 1 fully saturated rings. The number of hydrogen-bond acceptors (Lipinski definition) is 4. The molecule has 0 aromatic carbocycles. The van der Waals surface area contributed by atoms with E-state index in [0.29, 0.717) is 6.54 Å². The van der Waals surface area contributed by atoms with Crippen molar-refractivity contribution >= 4 is 5.82 Å². The van der Waals surface area contributed by atoms with Crippen molar-refractivity contribution in [2.24, 2.45) is 5.11 Å². The van der Waals surface area contributed by atoms with Gasteiger partial charge in [-0.1, -0.05) is 11.2 Å². The highest BCUT2D eigenvalue weighted by Crippen LogP contribution is 2.18. The smallest absolute Gasteiger partial charge is 0.128 e. The average molecular weight is 219 g/mol. The summed E-state index contributed by atoms with van der Waals surface area (Å²) < 4.78 is 0. The van der Waals surface area contributed by atoms with Crippen molar-refractivity contribution in [3.8, 4) is 0 Å². The molecule has 16 heavy (non-hydrogen) atoms. The van der Waals surface area contributed by atoms with Gasteiger partial charge in [-0.05, 0) is 24.1 Å². The number of aliphatic hydroxyl groups is 1. The number of aromatic nitrogens is 1. The van der Waals surface area contributed by atoms with Crippen LogP contribution < -0.4 is 4.90 Å². The van der Waals surface area contributed by atoms with Gasteiger partial charge in [-0.3, -0.25) is 0 Å². The molecule has 1 aliphatic heterocycles. The fourth-order valence-corrected chi connectivity index (χ4v) is 1.79. The number of pyridine rings is 1. The highest BCUT2D eigenvalue weighted by atomic mass is 16.3. The van der Waals surface area contributed by atoms with Crippen LogP contribution in [0.1, 0.15) is 12.1 Å². The first kappa shape index (κ1) is 10.7. The topological polar surface area (TPSA) is 85.1 Å². The SMILES string of the molecule is [N-]=[N+]=NCc1cccc(N2CCC(O)C2)n1. The fraction of sp³-hybridized carbons (Fsp3) is 0.500. The molecule has 1 aliphatic rings. The number of β-amino-alcohol motifs (C(OH)–C–C–N with tert-alkyl or cyclic N) is 1. The number of aliphatic hydroxyl groups excluding tert-OH is 1. The van der Waals surface area contributed by atoms with Crippen LogP contribution in [0.2, 0.25) is 0 Å². The summed E-state index contributed by atoms with van der Waals surface area (Å²) in [6.07, 6.45) is 0.519. The number of azide groups is 1. The first-order chi connectivity index (χ1) is 7.79. The van der Waals surface area contributed by atoms with Crippen molar-refractivity contribution in [2.45, 2.75) is 19.1 Å². The van der Waals surface area contributed by atoms with E-state index >= 15 is 0 Å². The molecule has 0 spiro atoms. The Morgan fingerprint density at radius 3 is 3.19 bits per heavy atom. The van der Waals surface area contributed by atoms with Gasteiger partial charge in [0.2, 0.25) is 0 Å². The molecule has 0 bridgehead atoms. The normalized spacial score (nSPS) is 19.6. The second-order valence-corrected chi connectivity index (χ2v) is 3.76. The molecule has 84 valence electrons. The van der Waals surface area contributed by atoms with Gasteiger partial charge in [0, 0.05) is 23.7 Å². The van der Waals surface area contributed by atoms with Crippen LogP contribution in [0, 0.1) is 0 Å². The van der Waals surface area contributed by atoms with Gasteiger partial charge in [0.25, 0.3) is 0 Å². The Hall–Kier alpha value is -1.78. The molecule has 0 aliphatic carbocycles. The van der Waals surface area contributed by atoms with E-state index in [1.165, 1.54) is 0 Å². The van der Waals surface area contributed by atoms with E-state index in [4.69, 9.17) is 5.53 Å². The Balaban J connectivity index is 2.12. The van der Waals surface area contributed by atoms with Crippen molar-refractivity contribution < 1.29 is 5.11 Å². The lowest BCUT2D eigenvalue weighted by molar-refractivity contribution is 0.198. The maximum Gasteiger partial charge on any atom is 0.128 e. The van der Waals surface area contributed by atoms with Crippen molar-refractivity contribution in [3.63, 3.8) is 0 Å². The molecule has 6 nitrogen and oxygen atoms in total. The highest BCUT2D eigenvalue weighted by molar-refractivity contribution is 5.40. The standard InChI is InChI=1S/C10H13N5O/c11-14-12-6-8-2-1-3-10(13-8)15-5-4-9(16)7-15/h1-3,9,16H,4-7H2. The van der Waals surface area contributed by atoms with E-state index < -0.39 is 0 Å². The molecule has 2 rings (SSSR count). The minimum atomic E-state index is -0.261. The molecule has 1 N–H and O–H groups in total. The van der Waals surface area contributed by atoms with Gasteiger partial charge < -0.3 is 10.0 Å². The molecule has 1 unspecified atom stereocenters. The molecular formula is C10H13N5O. The molecule has 1 atom stereocenters. The van der Waals surface area contributed by atoms with Gasteiger partial charge in [-0.15, -0.1) is 0 Å². The third kappa shape index (κ3) is 2.42. The minimum Gasteiger partial charge on any atom is -0.391 e. The third-order valence-electron chi connectivity index (χ3n) is 2.58. The monoisotopic (exact) mass is 219 g/mol. The van der Waals surface area contributed by atoms with Crippen molar-refractivity contribution in [3.05, 3.63) is 34.3 Å². The van der Waals surface area contributed by atoms with Crippen LogP contribution in [0.15, 0.2) is 23.3 Å². The summed E-state index contributed by atoms with van der Waals surface area (Å²) in [6, 6.07) is 5.61. The Morgan fingerprint density at radius 1 is 1.62 bits per heavy atom. The summed E-state index contributed by atoms with van der Waals surface area (Å²) in [5.74, 6) is 0.835. The Kier molecular flexibility index (Phi) is 3.24. The zero-order valence-corrected chi connectivity index (χ0v) is 8.82. The lowest BCUT2D eigenvalue weighted by Crippen LogP contribution is -2.22. The molecule has 1 saturated heterocycles. The van der Waals surface area contributed by atoms with Gasteiger partial charge in [0.1, 0.15) is 5.82 Å². The van der Waals surface area contributed by atoms with Gasteiger partial charge in [-0.25, -0.2) is 4.98 Å². The second kappa shape index (κ2) is 4.83. The number of rotatable bonds is 3. The summed E-state index contributed by atoms with van der Waals surface area (Å²) in [7, 11) is 0. The van der Waals surface area contributed by atoms with Gasteiger partial charge in [0.15, 0.2) is 0 Å². The fourth-order valence-electron chi connectivity index (χ4n) is 1.79. The quantitative estimate of drug-likeness (QED) is 0.474. The molecular weight excluding hydrogens is 206 g/mol. The van der Waals surface area contributed by atoms with Crippen LogP contribution in [0.5, 0.6) is 0 Å². The average Bonchev–Trinajstić information content (AvgIpc) is 2.74. The lowest BCUT2D eigenvalue weighted by atomic mass is 10.3. The maximum atomic E-state index is 9.44. The van der Waals surface area contributed by atoms with E-state index in [-0.39, 0.29) is 12.6 Å².